The highest BCUT2D eigenvalue weighted by Gasteiger charge is 2.34. The molecule has 1 unspecified atom stereocenters. The third kappa shape index (κ3) is 2.40. The maximum atomic E-state index is 13.2. The second-order valence-electron chi connectivity index (χ2n) is 5.21. The molecule has 0 amide bonds. The number of nitrogens with two attached hydrogens (primary N) is 1. The maximum absolute atomic E-state index is 13.2. The molecule has 1 heterocycles. The summed E-state index contributed by atoms with van der Waals surface area (Å²) in [5, 5.41) is 3.49. The summed E-state index contributed by atoms with van der Waals surface area (Å²) in [6.45, 7) is 2.18. The van der Waals surface area contributed by atoms with Gasteiger partial charge in [-0.3, -0.25) is 4.90 Å². The van der Waals surface area contributed by atoms with Crippen molar-refractivity contribution in [3.63, 3.8) is 0 Å². The summed E-state index contributed by atoms with van der Waals surface area (Å²) in [4.78, 5) is 2.51. The molecule has 1 saturated carbocycles. The summed E-state index contributed by atoms with van der Waals surface area (Å²) in [5.74, 6) is -0.467. The van der Waals surface area contributed by atoms with Crippen molar-refractivity contribution in [1.82, 2.24) is 4.90 Å². The van der Waals surface area contributed by atoms with Gasteiger partial charge in [-0.25, -0.2) is 4.39 Å². The first-order valence-electron chi connectivity index (χ1n) is 6.38. The molecule has 98 valence electrons. The Morgan fingerprint density at radius 2 is 2.11 bits per heavy atom. The van der Waals surface area contributed by atoms with E-state index in [9.17, 15) is 4.39 Å². The first-order valence-corrected chi connectivity index (χ1v) is 6.76. The minimum atomic E-state index is -0.467. The lowest BCUT2D eigenvalue weighted by molar-refractivity contribution is 0.326. The molecule has 2 fully saturated rings. The predicted molar refractivity (Wildman–Crippen MR) is 72.4 cm³/mol. The monoisotopic (exact) mass is 269 g/mol. The second kappa shape index (κ2) is 4.59. The molecular weight excluding hydrogens is 253 g/mol. The number of benzene rings is 1. The van der Waals surface area contributed by atoms with Crippen LogP contribution < -0.4 is 11.1 Å². The van der Waals surface area contributed by atoms with E-state index in [1.54, 1.807) is 6.07 Å². The van der Waals surface area contributed by atoms with Crippen molar-refractivity contribution in [3.05, 3.63) is 23.0 Å². The highest BCUT2D eigenvalue weighted by atomic mass is 35.5. The average Bonchev–Trinajstić information content (AvgIpc) is 3.07. The van der Waals surface area contributed by atoms with Gasteiger partial charge in [0, 0.05) is 31.2 Å². The van der Waals surface area contributed by atoms with Crippen molar-refractivity contribution in [2.75, 3.05) is 24.1 Å². The van der Waals surface area contributed by atoms with Gasteiger partial charge >= 0.3 is 0 Å². The van der Waals surface area contributed by atoms with E-state index in [1.807, 2.05) is 0 Å². The third-order valence-electron chi connectivity index (χ3n) is 3.74. The minimum Gasteiger partial charge on any atom is -0.397 e. The van der Waals surface area contributed by atoms with Crippen LogP contribution in [0.25, 0.3) is 0 Å². The van der Waals surface area contributed by atoms with Gasteiger partial charge in [0.05, 0.1) is 16.4 Å². The molecule has 1 aromatic rings. The molecule has 0 radical (unpaired) electrons. The van der Waals surface area contributed by atoms with Crippen LogP contribution in [0.15, 0.2) is 12.1 Å². The molecule has 1 aliphatic carbocycles. The smallest absolute Gasteiger partial charge is 0.143 e. The lowest BCUT2D eigenvalue weighted by Gasteiger charge is -2.18. The van der Waals surface area contributed by atoms with Crippen LogP contribution in [0, 0.1) is 5.82 Å². The quantitative estimate of drug-likeness (QED) is 0.829. The van der Waals surface area contributed by atoms with Crippen molar-refractivity contribution < 1.29 is 4.39 Å². The third-order valence-corrected chi connectivity index (χ3v) is 4.02. The van der Waals surface area contributed by atoms with Gasteiger partial charge in [0.2, 0.25) is 0 Å². The van der Waals surface area contributed by atoms with Crippen molar-refractivity contribution in [1.29, 1.82) is 0 Å². The molecule has 0 bridgehead atoms. The van der Waals surface area contributed by atoms with Crippen molar-refractivity contribution in [2.45, 2.75) is 31.3 Å². The molecule has 3 rings (SSSR count). The van der Waals surface area contributed by atoms with Gasteiger partial charge in [-0.05, 0) is 25.3 Å². The van der Waals surface area contributed by atoms with Crippen LogP contribution in [0.2, 0.25) is 5.02 Å². The van der Waals surface area contributed by atoms with Crippen LogP contribution in [0.3, 0.4) is 0 Å². The Kier molecular flexibility index (Phi) is 3.08. The van der Waals surface area contributed by atoms with Crippen LogP contribution >= 0.6 is 11.6 Å². The van der Waals surface area contributed by atoms with Gasteiger partial charge in [-0.1, -0.05) is 11.6 Å². The van der Waals surface area contributed by atoms with E-state index in [0.717, 1.165) is 31.2 Å². The maximum Gasteiger partial charge on any atom is 0.143 e. The van der Waals surface area contributed by atoms with Crippen molar-refractivity contribution in [2.24, 2.45) is 0 Å². The summed E-state index contributed by atoms with van der Waals surface area (Å²) < 4.78 is 13.2. The standard InChI is InChI=1S/C13H17ClFN3/c14-10-5-13(12(16)6-11(10)15)17-8-3-4-18(7-8)9-1-2-9/h5-6,8-9,17H,1-4,7,16H2. The first kappa shape index (κ1) is 12.1. The molecule has 3 nitrogen and oxygen atoms in total. The number of rotatable bonds is 3. The lowest BCUT2D eigenvalue weighted by Crippen LogP contribution is -2.28. The van der Waals surface area contributed by atoms with Crippen LogP contribution in [0.5, 0.6) is 0 Å². The largest absolute Gasteiger partial charge is 0.397 e. The second-order valence-corrected chi connectivity index (χ2v) is 5.62. The number of nitrogens with zero attached hydrogens (tertiary/aromatic N) is 1. The predicted octanol–water partition coefficient (Wildman–Crippen LogP) is 2.71. The van der Waals surface area contributed by atoms with Crippen LogP contribution in [0.4, 0.5) is 15.8 Å². The van der Waals surface area contributed by atoms with Gasteiger partial charge in [-0.2, -0.15) is 0 Å². The molecule has 0 aromatic heterocycles. The molecule has 1 saturated heterocycles. The summed E-state index contributed by atoms with van der Waals surface area (Å²) >= 11 is 5.78. The summed E-state index contributed by atoms with van der Waals surface area (Å²) in [6, 6.07) is 4.03. The number of halogens is 2. The zero-order valence-corrected chi connectivity index (χ0v) is 10.9. The van der Waals surface area contributed by atoms with Crippen molar-refractivity contribution in [3.8, 4) is 0 Å². The molecular formula is C13H17ClFN3. The van der Waals surface area contributed by atoms with Gasteiger partial charge in [-0.15, -0.1) is 0 Å². The number of nitrogens with one attached hydrogen (secondary N) is 1. The van der Waals surface area contributed by atoms with Crippen LogP contribution in [0.1, 0.15) is 19.3 Å². The fourth-order valence-corrected chi connectivity index (χ4v) is 2.75. The van der Waals surface area contributed by atoms with E-state index >= 15 is 0 Å². The van der Waals surface area contributed by atoms with Crippen LogP contribution in [-0.2, 0) is 0 Å². The number of hydrogen-bond acceptors (Lipinski definition) is 3. The van der Waals surface area contributed by atoms with E-state index < -0.39 is 5.82 Å². The molecule has 0 spiro atoms. The summed E-state index contributed by atoms with van der Waals surface area (Å²) in [5.41, 5.74) is 6.96. The minimum absolute atomic E-state index is 0.115. The van der Waals surface area contributed by atoms with E-state index in [1.165, 1.54) is 18.9 Å². The molecule has 3 N–H and O–H groups in total. The normalized spacial score (nSPS) is 24.4. The Hall–Kier alpha value is -1.00. The van der Waals surface area contributed by atoms with Gasteiger partial charge < -0.3 is 11.1 Å². The van der Waals surface area contributed by atoms with E-state index in [4.69, 9.17) is 17.3 Å². The van der Waals surface area contributed by atoms with Gasteiger partial charge in [0.1, 0.15) is 5.82 Å². The topological polar surface area (TPSA) is 41.3 Å². The van der Waals surface area contributed by atoms with Crippen LogP contribution in [-0.4, -0.2) is 30.1 Å². The zero-order valence-electron chi connectivity index (χ0n) is 10.1. The molecule has 2 aliphatic rings. The molecule has 1 aromatic carbocycles. The Bertz CT molecular complexity index is 462. The van der Waals surface area contributed by atoms with Crippen molar-refractivity contribution >= 4 is 23.0 Å². The number of anilines is 2. The van der Waals surface area contributed by atoms with E-state index in [-0.39, 0.29) is 5.02 Å². The molecule has 18 heavy (non-hydrogen) atoms. The lowest BCUT2D eigenvalue weighted by atomic mass is 10.2. The number of hydrogen-bond donors (Lipinski definition) is 2. The Labute approximate surface area is 111 Å². The van der Waals surface area contributed by atoms with E-state index in [0.29, 0.717) is 11.7 Å². The highest BCUT2D eigenvalue weighted by molar-refractivity contribution is 6.31. The molecule has 1 atom stereocenters. The Balaban J connectivity index is 1.67. The van der Waals surface area contributed by atoms with Gasteiger partial charge in [0.15, 0.2) is 0 Å². The molecule has 5 heteroatoms. The summed E-state index contributed by atoms with van der Waals surface area (Å²) in [6.07, 6.45) is 3.76. The first-order chi connectivity index (χ1) is 8.63. The Morgan fingerprint density at radius 1 is 1.33 bits per heavy atom. The fraction of sp³-hybridized carbons (Fsp3) is 0.538. The zero-order chi connectivity index (χ0) is 12.7. The SMILES string of the molecule is Nc1cc(F)c(Cl)cc1NC1CCN(C2CC2)C1. The fourth-order valence-electron chi connectivity index (χ4n) is 2.58. The number of nitrogen functional groups attached to an aromatic ring is 1. The summed E-state index contributed by atoms with van der Waals surface area (Å²) in [7, 11) is 0. The Morgan fingerprint density at radius 3 is 2.83 bits per heavy atom. The molecule has 1 aliphatic heterocycles. The van der Waals surface area contributed by atoms with Gasteiger partial charge in [0.25, 0.3) is 0 Å². The van der Waals surface area contributed by atoms with E-state index in [2.05, 4.69) is 10.2 Å². The number of likely N-dealkylation sites (tertiary alicyclic amines) is 1. The highest BCUT2D eigenvalue weighted by Crippen LogP contribution is 2.32. The average molecular weight is 270 g/mol.